The number of amides is 2. The average Bonchev–Trinajstić information content (AvgIpc) is 2.72. The van der Waals surface area contributed by atoms with Gasteiger partial charge in [-0.3, -0.25) is 0 Å². The second kappa shape index (κ2) is 3.83. The highest BCUT2D eigenvalue weighted by molar-refractivity contribution is 5.96. The molecule has 5 heteroatoms. The van der Waals surface area contributed by atoms with Crippen LogP contribution < -0.4 is 10.6 Å². The third-order valence-corrected chi connectivity index (χ3v) is 1.93. The molecule has 0 bridgehead atoms. The van der Waals surface area contributed by atoms with Gasteiger partial charge in [0.2, 0.25) is 5.95 Å². The molecule has 1 heterocycles. The van der Waals surface area contributed by atoms with E-state index in [1.54, 1.807) is 24.5 Å². The summed E-state index contributed by atoms with van der Waals surface area (Å²) in [7, 11) is 0. The Bertz CT molecular complexity index is 438. The van der Waals surface area contributed by atoms with E-state index in [4.69, 9.17) is 5.73 Å². The lowest BCUT2D eigenvalue weighted by Crippen LogP contribution is -2.32. The summed E-state index contributed by atoms with van der Waals surface area (Å²) in [6, 6.07) is 8.52. The lowest BCUT2D eigenvalue weighted by molar-refractivity contribution is 0.256. The van der Waals surface area contributed by atoms with Crippen LogP contribution in [0.4, 0.5) is 16.4 Å². The number of benzene rings is 1. The molecule has 15 heavy (non-hydrogen) atoms. The number of H-pyrrole nitrogens is 1. The average molecular weight is 202 g/mol. The minimum Gasteiger partial charge on any atom is -0.351 e. The smallest absolute Gasteiger partial charge is 0.326 e. The Kier molecular flexibility index (Phi) is 2.37. The number of aromatic nitrogens is 2. The minimum absolute atomic E-state index is 0.411. The van der Waals surface area contributed by atoms with E-state index in [1.807, 2.05) is 18.2 Å². The number of nitrogens with two attached hydrogens (primary N) is 1. The molecule has 0 aliphatic carbocycles. The van der Waals surface area contributed by atoms with Gasteiger partial charge in [-0.1, -0.05) is 18.2 Å². The topological polar surface area (TPSA) is 75.0 Å². The maximum absolute atomic E-state index is 11.3. The Hall–Kier alpha value is -2.30. The number of nitrogens with zero attached hydrogens (tertiary/aromatic N) is 2. The minimum atomic E-state index is -0.573. The molecular formula is C10H10N4O. The molecule has 0 spiro atoms. The highest BCUT2D eigenvalue weighted by Crippen LogP contribution is 2.20. The van der Waals surface area contributed by atoms with E-state index in [9.17, 15) is 4.79 Å². The van der Waals surface area contributed by atoms with E-state index in [1.165, 1.54) is 4.90 Å². The lowest BCUT2D eigenvalue weighted by Gasteiger charge is -2.16. The summed E-state index contributed by atoms with van der Waals surface area (Å²) in [6.45, 7) is 0. The molecular weight excluding hydrogens is 192 g/mol. The molecule has 0 unspecified atom stereocenters. The van der Waals surface area contributed by atoms with Gasteiger partial charge in [0.05, 0.1) is 5.69 Å². The normalized spacial score (nSPS) is 9.87. The molecule has 3 N–H and O–H groups in total. The van der Waals surface area contributed by atoms with Gasteiger partial charge >= 0.3 is 6.03 Å². The molecule has 2 rings (SSSR count). The fraction of sp³-hybridized carbons (Fsp3) is 0. The van der Waals surface area contributed by atoms with Crippen LogP contribution >= 0.6 is 0 Å². The molecule has 0 saturated heterocycles. The first kappa shape index (κ1) is 9.26. The van der Waals surface area contributed by atoms with Crippen molar-refractivity contribution in [2.75, 3.05) is 4.90 Å². The molecule has 2 amide bonds. The molecule has 5 nitrogen and oxygen atoms in total. The Labute approximate surface area is 86.5 Å². The van der Waals surface area contributed by atoms with Gasteiger partial charge in [0.1, 0.15) is 0 Å². The maximum atomic E-state index is 11.3. The summed E-state index contributed by atoms with van der Waals surface area (Å²) in [6.07, 6.45) is 3.20. The fourth-order valence-corrected chi connectivity index (χ4v) is 1.31. The first-order chi connectivity index (χ1) is 7.29. The van der Waals surface area contributed by atoms with Crippen LogP contribution in [-0.4, -0.2) is 16.0 Å². The predicted octanol–water partition coefficient (Wildman–Crippen LogP) is 1.63. The molecule has 1 aromatic heterocycles. The van der Waals surface area contributed by atoms with Crippen LogP contribution in [0.1, 0.15) is 0 Å². The number of nitrogens with one attached hydrogen (secondary N) is 1. The van der Waals surface area contributed by atoms with Crippen molar-refractivity contribution in [1.29, 1.82) is 0 Å². The van der Waals surface area contributed by atoms with Crippen molar-refractivity contribution in [1.82, 2.24) is 9.97 Å². The fourth-order valence-electron chi connectivity index (χ4n) is 1.31. The molecule has 0 atom stereocenters. The lowest BCUT2D eigenvalue weighted by atomic mass is 10.3. The van der Waals surface area contributed by atoms with Crippen molar-refractivity contribution < 1.29 is 4.79 Å². The van der Waals surface area contributed by atoms with Crippen molar-refractivity contribution >= 4 is 17.7 Å². The summed E-state index contributed by atoms with van der Waals surface area (Å²) in [5, 5.41) is 0. The number of primary amides is 1. The predicted molar refractivity (Wildman–Crippen MR) is 56.8 cm³/mol. The Morgan fingerprint density at radius 1 is 1.33 bits per heavy atom. The van der Waals surface area contributed by atoms with Gasteiger partial charge in [0.15, 0.2) is 0 Å². The molecule has 76 valence electrons. The number of carbonyl (C=O) groups is 1. The van der Waals surface area contributed by atoms with Crippen LogP contribution in [0.15, 0.2) is 42.7 Å². The molecule has 0 radical (unpaired) electrons. The first-order valence-electron chi connectivity index (χ1n) is 4.43. The van der Waals surface area contributed by atoms with Crippen LogP contribution in [0.25, 0.3) is 0 Å². The monoisotopic (exact) mass is 202 g/mol. The second-order valence-corrected chi connectivity index (χ2v) is 2.92. The van der Waals surface area contributed by atoms with Gasteiger partial charge in [-0.25, -0.2) is 14.7 Å². The third-order valence-electron chi connectivity index (χ3n) is 1.93. The number of urea groups is 1. The summed E-state index contributed by atoms with van der Waals surface area (Å²) in [4.78, 5) is 19.4. The van der Waals surface area contributed by atoms with Crippen LogP contribution in [0, 0.1) is 0 Å². The molecule has 0 aliphatic heterocycles. The van der Waals surface area contributed by atoms with Crippen molar-refractivity contribution in [2.24, 2.45) is 5.73 Å². The van der Waals surface area contributed by atoms with Crippen LogP contribution in [0.2, 0.25) is 0 Å². The van der Waals surface area contributed by atoms with E-state index in [0.717, 1.165) is 0 Å². The second-order valence-electron chi connectivity index (χ2n) is 2.92. The standard InChI is InChI=1S/C10H10N4O/c11-9(15)14(10-12-6-7-13-10)8-4-2-1-3-5-8/h1-7H,(H2,11,15)(H,12,13). The van der Waals surface area contributed by atoms with E-state index < -0.39 is 6.03 Å². The van der Waals surface area contributed by atoms with E-state index in [-0.39, 0.29) is 0 Å². The zero-order chi connectivity index (χ0) is 10.7. The van der Waals surface area contributed by atoms with Gasteiger partial charge in [-0.05, 0) is 12.1 Å². The summed E-state index contributed by atoms with van der Waals surface area (Å²) < 4.78 is 0. The van der Waals surface area contributed by atoms with Crippen molar-refractivity contribution in [2.45, 2.75) is 0 Å². The van der Waals surface area contributed by atoms with Gasteiger partial charge in [-0.15, -0.1) is 0 Å². The number of hydrogen-bond donors (Lipinski definition) is 2. The molecule has 1 aromatic carbocycles. The summed E-state index contributed by atoms with van der Waals surface area (Å²) in [5.74, 6) is 0.411. The van der Waals surface area contributed by atoms with Gasteiger partial charge in [-0.2, -0.15) is 0 Å². The zero-order valence-electron chi connectivity index (χ0n) is 7.92. The number of carbonyl (C=O) groups excluding carboxylic acids is 1. The molecule has 2 aromatic rings. The van der Waals surface area contributed by atoms with Crippen LogP contribution in [-0.2, 0) is 0 Å². The number of para-hydroxylation sites is 1. The van der Waals surface area contributed by atoms with E-state index in [2.05, 4.69) is 9.97 Å². The molecule has 0 fully saturated rings. The number of rotatable bonds is 2. The highest BCUT2D eigenvalue weighted by Gasteiger charge is 2.16. The summed E-state index contributed by atoms with van der Waals surface area (Å²) >= 11 is 0. The van der Waals surface area contributed by atoms with Crippen LogP contribution in [0.5, 0.6) is 0 Å². The first-order valence-corrected chi connectivity index (χ1v) is 4.43. The Morgan fingerprint density at radius 2 is 2.07 bits per heavy atom. The number of aromatic amines is 1. The SMILES string of the molecule is NC(=O)N(c1ccccc1)c1ncc[nH]1. The molecule has 0 aliphatic rings. The van der Waals surface area contributed by atoms with Gasteiger partial charge in [0.25, 0.3) is 0 Å². The Balaban J connectivity index is 2.42. The molecule has 0 saturated carbocycles. The zero-order valence-corrected chi connectivity index (χ0v) is 7.92. The maximum Gasteiger partial charge on any atom is 0.326 e. The van der Waals surface area contributed by atoms with Crippen molar-refractivity contribution in [3.8, 4) is 0 Å². The van der Waals surface area contributed by atoms with Gasteiger partial charge in [0, 0.05) is 12.4 Å². The van der Waals surface area contributed by atoms with Gasteiger partial charge < -0.3 is 10.7 Å². The number of anilines is 2. The Morgan fingerprint density at radius 3 is 2.60 bits per heavy atom. The van der Waals surface area contributed by atoms with Crippen molar-refractivity contribution in [3.63, 3.8) is 0 Å². The van der Waals surface area contributed by atoms with E-state index >= 15 is 0 Å². The summed E-state index contributed by atoms with van der Waals surface area (Å²) in [5.41, 5.74) is 5.97. The van der Waals surface area contributed by atoms with Crippen LogP contribution in [0.3, 0.4) is 0 Å². The largest absolute Gasteiger partial charge is 0.351 e. The third kappa shape index (κ3) is 1.80. The van der Waals surface area contributed by atoms with E-state index in [0.29, 0.717) is 11.6 Å². The number of imidazole rings is 1. The number of hydrogen-bond acceptors (Lipinski definition) is 2. The van der Waals surface area contributed by atoms with Crippen molar-refractivity contribution in [3.05, 3.63) is 42.7 Å². The highest BCUT2D eigenvalue weighted by atomic mass is 16.2. The quantitative estimate of drug-likeness (QED) is 0.776.